The summed E-state index contributed by atoms with van der Waals surface area (Å²) in [4.78, 5) is 18.5. The van der Waals surface area contributed by atoms with Gasteiger partial charge in [0.25, 0.3) is 5.91 Å². The van der Waals surface area contributed by atoms with Gasteiger partial charge >= 0.3 is 0 Å². The van der Waals surface area contributed by atoms with Crippen LogP contribution in [-0.2, 0) is 6.54 Å². The Morgan fingerprint density at radius 3 is 2.41 bits per heavy atom. The van der Waals surface area contributed by atoms with Crippen molar-refractivity contribution < 1.29 is 19.0 Å². The number of amides is 1. The Kier molecular flexibility index (Phi) is 8.21. The third-order valence-corrected chi connectivity index (χ3v) is 8.41. The number of thiazole rings is 1. The average Bonchev–Trinajstić information content (AvgIpc) is 3.59. The van der Waals surface area contributed by atoms with Crippen molar-refractivity contribution in [1.82, 2.24) is 9.55 Å². The second-order valence-corrected chi connectivity index (χ2v) is 10.8. The molecule has 1 fully saturated rings. The summed E-state index contributed by atoms with van der Waals surface area (Å²) in [5.41, 5.74) is 5.15. The fourth-order valence-electron chi connectivity index (χ4n) is 5.32. The molecule has 2 heterocycles. The van der Waals surface area contributed by atoms with E-state index >= 15 is 0 Å². The monoisotopic (exact) mass is 545 g/mol. The quantitative estimate of drug-likeness (QED) is 0.236. The molecule has 0 saturated heterocycles. The van der Waals surface area contributed by atoms with Crippen LogP contribution >= 0.6 is 11.3 Å². The van der Waals surface area contributed by atoms with Crippen molar-refractivity contribution in [3.8, 4) is 39.2 Å². The standard InChI is InChI=1S/C31H35N3O4S/c1-20-25(30(35)32-23-12-15-28(37-3)29(16-23)38-4)17-27(34(20)18-21-8-6-5-7-9-21)26-19-39-31(33-26)22-10-13-24(36-2)14-11-22/h10-17,19,21H,5-9,18H2,1-4H3,(H,32,35). The Morgan fingerprint density at radius 1 is 0.974 bits per heavy atom. The van der Waals surface area contributed by atoms with Crippen molar-refractivity contribution in [3.63, 3.8) is 0 Å². The van der Waals surface area contributed by atoms with E-state index in [0.29, 0.717) is 28.7 Å². The smallest absolute Gasteiger partial charge is 0.257 e. The summed E-state index contributed by atoms with van der Waals surface area (Å²) < 4.78 is 18.3. The molecule has 1 amide bonds. The zero-order chi connectivity index (χ0) is 27.4. The van der Waals surface area contributed by atoms with Gasteiger partial charge in [-0.2, -0.15) is 0 Å². The predicted molar refractivity (Wildman–Crippen MR) is 156 cm³/mol. The third kappa shape index (κ3) is 5.81. The molecule has 39 heavy (non-hydrogen) atoms. The molecule has 1 N–H and O–H groups in total. The molecule has 7 nitrogen and oxygen atoms in total. The lowest BCUT2D eigenvalue weighted by Crippen LogP contribution is -2.17. The van der Waals surface area contributed by atoms with E-state index in [9.17, 15) is 4.79 Å². The molecule has 2 aromatic carbocycles. The van der Waals surface area contributed by atoms with E-state index in [1.54, 1.807) is 44.8 Å². The van der Waals surface area contributed by atoms with Crippen molar-refractivity contribution >= 4 is 22.9 Å². The van der Waals surface area contributed by atoms with E-state index in [1.165, 1.54) is 32.1 Å². The first-order valence-electron chi connectivity index (χ1n) is 13.3. The molecule has 4 aromatic rings. The Balaban J connectivity index is 1.47. The lowest BCUT2D eigenvalue weighted by molar-refractivity contribution is 0.102. The van der Waals surface area contributed by atoms with Gasteiger partial charge in [-0.25, -0.2) is 4.98 Å². The number of ether oxygens (including phenoxy) is 3. The van der Waals surface area contributed by atoms with Crippen LogP contribution in [0, 0.1) is 12.8 Å². The van der Waals surface area contributed by atoms with Gasteiger partial charge in [0.05, 0.1) is 38.3 Å². The van der Waals surface area contributed by atoms with E-state index in [-0.39, 0.29) is 5.91 Å². The molecule has 0 bridgehead atoms. The fourth-order valence-corrected chi connectivity index (χ4v) is 6.14. The Hall–Kier alpha value is -3.78. The number of hydrogen-bond donors (Lipinski definition) is 1. The summed E-state index contributed by atoms with van der Waals surface area (Å²) in [5, 5.41) is 6.07. The molecule has 5 rings (SSSR count). The number of methoxy groups -OCH3 is 3. The zero-order valence-corrected chi connectivity index (χ0v) is 23.8. The summed E-state index contributed by atoms with van der Waals surface area (Å²) in [6.45, 7) is 2.92. The van der Waals surface area contributed by atoms with Gasteiger partial charge in [0, 0.05) is 34.9 Å². The van der Waals surface area contributed by atoms with Crippen LogP contribution in [-0.4, -0.2) is 36.8 Å². The zero-order valence-electron chi connectivity index (χ0n) is 23.0. The van der Waals surface area contributed by atoms with E-state index in [4.69, 9.17) is 19.2 Å². The van der Waals surface area contributed by atoms with Gasteiger partial charge in [-0.05, 0) is 68.1 Å². The number of carbonyl (C=O) groups is 1. The van der Waals surface area contributed by atoms with Crippen LogP contribution in [0.3, 0.4) is 0 Å². The number of benzene rings is 2. The predicted octanol–water partition coefficient (Wildman–Crippen LogP) is 7.45. The number of anilines is 1. The number of rotatable bonds is 9. The minimum atomic E-state index is -0.158. The molecule has 0 aliphatic heterocycles. The Morgan fingerprint density at radius 2 is 1.72 bits per heavy atom. The summed E-state index contributed by atoms with van der Waals surface area (Å²) in [6, 6.07) is 15.3. The van der Waals surface area contributed by atoms with Crippen LogP contribution in [0.15, 0.2) is 53.9 Å². The number of aromatic nitrogens is 2. The third-order valence-electron chi connectivity index (χ3n) is 7.52. The van der Waals surface area contributed by atoms with E-state index in [2.05, 4.69) is 15.3 Å². The lowest BCUT2D eigenvalue weighted by Gasteiger charge is -2.24. The van der Waals surface area contributed by atoms with Crippen LogP contribution in [0.5, 0.6) is 17.2 Å². The largest absolute Gasteiger partial charge is 0.497 e. The highest BCUT2D eigenvalue weighted by Gasteiger charge is 2.24. The summed E-state index contributed by atoms with van der Waals surface area (Å²) in [7, 11) is 4.84. The minimum Gasteiger partial charge on any atom is -0.497 e. The van der Waals surface area contributed by atoms with Gasteiger partial charge in [-0.3, -0.25) is 4.79 Å². The highest BCUT2D eigenvalue weighted by Crippen LogP contribution is 2.35. The Bertz CT molecular complexity index is 1430. The molecule has 1 saturated carbocycles. The lowest BCUT2D eigenvalue weighted by atomic mass is 9.89. The van der Waals surface area contributed by atoms with E-state index in [1.807, 2.05) is 43.3 Å². The second kappa shape index (κ2) is 11.9. The first-order valence-corrected chi connectivity index (χ1v) is 14.2. The number of nitrogens with one attached hydrogen (secondary N) is 1. The average molecular weight is 546 g/mol. The highest BCUT2D eigenvalue weighted by atomic mass is 32.1. The fraction of sp³-hybridized carbons (Fsp3) is 0.355. The van der Waals surface area contributed by atoms with Gasteiger partial charge in [0.15, 0.2) is 11.5 Å². The van der Waals surface area contributed by atoms with Crippen LogP contribution in [0.25, 0.3) is 22.0 Å². The minimum absolute atomic E-state index is 0.158. The van der Waals surface area contributed by atoms with Crippen molar-refractivity contribution in [3.05, 3.63) is 65.2 Å². The van der Waals surface area contributed by atoms with Crippen LogP contribution in [0.2, 0.25) is 0 Å². The first-order chi connectivity index (χ1) is 19.0. The molecular weight excluding hydrogens is 510 g/mol. The van der Waals surface area contributed by atoms with E-state index in [0.717, 1.165) is 39.9 Å². The van der Waals surface area contributed by atoms with Crippen molar-refractivity contribution in [2.24, 2.45) is 5.92 Å². The van der Waals surface area contributed by atoms with Crippen LogP contribution in [0.1, 0.15) is 48.2 Å². The van der Waals surface area contributed by atoms with Gasteiger partial charge in [-0.1, -0.05) is 19.3 Å². The first kappa shape index (κ1) is 26.8. The summed E-state index contributed by atoms with van der Waals surface area (Å²) >= 11 is 1.61. The normalized spacial score (nSPS) is 13.7. The Labute approximate surface area is 233 Å². The maximum Gasteiger partial charge on any atom is 0.257 e. The molecule has 0 atom stereocenters. The topological polar surface area (TPSA) is 74.6 Å². The summed E-state index contributed by atoms with van der Waals surface area (Å²) in [6.07, 6.45) is 6.29. The van der Waals surface area contributed by atoms with Gasteiger partial charge < -0.3 is 24.1 Å². The molecular formula is C31H35N3O4S. The van der Waals surface area contributed by atoms with Crippen LogP contribution < -0.4 is 19.5 Å². The number of hydrogen-bond acceptors (Lipinski definition) is 6. The molecule has 8 heteroatoms. The number of nitrogens with zero attached hydrogens (tertiary/aromatic N) is 2. The molecule has 0 spiro atoms. The van der Waals surface area contributed by atoms with Gasteiger partial charge in [-0.15, -0.1) is 11.3 Å². The SMILES string of the molecule is COc1ccc(-c2nc(-c3cc(C(=O)Nc4ccc(OC)c(OC)c4)c(C)n3CC3CCCCC3)cs2)cc1. The second-order valence-electron chi connectivity index (χ2n) is 9.93. The molecule has 0 unspecified atom stereocenters. The van der Waals surface area contributed by atoms with E-state index < -0.39 is 0 Å². The van der Waals surface area contributed by atoms with Gasteiger partial charge in [0.1, 0.15) is 10.8 Å². The van der Waals surface area contributed by atoms with Crippen LogP contribution in [0.4, 0.5) is 5.69 Å². The molecule has 1 aliphatic carbocycles. The van der Waals surface area contributed by atoms with Crippen molar-refractivity contribution in [2.45, 2.75) is 45.6 Å². The van der Waals surface area contributed by atoms with Crippen molar-refractivity contribution in [2.75, 3.05) is 26.6 Å². The highest BCUT2D eigenvalue weighted by molar-refractivity contribution is 7.13. The van der Waals surface area contributed by atoms with Gasteiger partial charge in [0.2, 0.25) is 0 Å². The molecule has 1 aliphatic rings. The maximum absolute atomic E-state index is 13.5. The molecule has 0 radical (unpaired) electrons. The maximum atomic E-state index is 13.5. The number of carbonyl (C=O) groups excluding carboxylic acids is 1. The van der Waals surface area contributed by atoms with Crippen molar-refractivity contribution in [1.29, 1.82) is 0 Å². The summed E-state index contributed by atoms with van der Waals surface area (Å²) in [5.74, 6) is 2.44. The molecule has 204 valence electrons. The molecule has 2 aromatic heterocycles.